The Hall–Kier alpha value is -2.29. The van der Waals surface area contributed by atoms with Crippen molar-refractivity contribution in [1.82, 2.24) is 4.90 Å². The monoisotopic (exact) mass is 309 g/mol. The second-order valence-corrected chi connectivity index (χ2v) is 7.16. The Morgan fingerprint density at radius 3 is 2.26 bits per heavy atom. The lowest BCUT2D eigenvalue weighted by molar-refractivity contribution is 0.0358. The van der Waals surface area contributed by atoms with Crippen LogP contribution in [-0.4, -0.2) is 23.5 Å². The molecule has 120 valence electrons. The maximum Gasteiger partial charge on any atom is 0.255 e. The SMILES string of the molecule is COc1ccc2c(c1)[C@@](C)(c1ccccc1)N(C(C)(C)C)C2=O. The highest BCUT2D eigenvalue weighted by Gasteiger charge is 2.51. The lowest BCUT2D eigenvalue weighted by Crippen LogP contribution is -2.52. The molecule has 2 aromatic carbocycles. The smallest absolute Gasteiger partial charge is 0.255 e. The minimum atomic E-state index is -0.513. The van der Waals surface area contributed by atoms with Gasteiger partial charge in [0.1, 0.15) is 5.75 Å². The Morgan fingerprint density at radius 2 is 1.70 bits per heavy atom. The maximum absolute atomic E-state index is 13.1. The van der Waals surface area contributed by atoms with E-state index in [0.29, 0.717) is 0 Å². The molecule has 0 unspecified atom stereocenters. The summed E-state index contributed by atoms with van der Waals surface area (Å²) in [5.74, 6) is 0.843. The first-order valence-electron chi connectivity index (χ1n) is 7.89. The van der Waals surface area contributed by atoms with Crippen molar-refractivity contribution in [1.29, 1.82) is 0 Å². The molecule has 1 aliphatic heterocycles. The van der Waals surface area contributed by atoms with Crippen molar-refractivity contribution in [2.75, 3.05) is 7.11 Å². The van der Waals surface area contributed by atoms with Crippen LogP contribution in [0.5, 0.6) is 5.75 Å². The average molecular weight is 309 g/mol. The van der Waals surface area contributed by atoms with Gasteiger partial charge in [-0.25, -0.2) is 0 Å². The van der Waals surface area contributed by atoms with Crippen LogP contribution in [0, 0.1) is 0 Å². The van der Waals surface area contributed by atoms with Crippen LogP contribution in [0.4, 0.5) is 0 Å². The Morgan fingerprint density at radius 1 is 1.04 bits per heavy atom. The van der Waals surface area contributed by atoms with Gasteiger partial charge < -0.3 is 9.64 Å². The van der Waals surface area contributed by atoms with Crippen LogP contribution >= 0.6 is 0 Å². The van der Waals surface area contributed by atoms with E-state index in [1.54, 1.807) is 7.11 Å². The third kappa shape index (κ3) is 2.23. The first-order chi connectivity index (χ1) is 10.8. The van der Waals surface area contributed by atoms with Crippen LogP contribution in [0.1, 0.15) is 49.2 Å². The molecule has 0 fully saturated rings. The van der Waals surface area contributed by atoms with Crippen LogP contribution in [0.15, 0.2) is 48.5 Å². The molecule has 1 amide bonds. The molecule has 0 saturated heterocycles. The van der Waals surface area contributed by atoms with Crippen LogP contribution in [0.2, 0.25) is 0 Å². The molecule has 0 saturated carbocycles. The second kappa shape index (κ2) is 5.12. The van der Waals surface area contributed by atoms with Crippen molar-refractivity contribution in [2.24, 2.45) is 0 Å². The largest absolute Gasteiger partial charge is 0.497 e. The number of ether oxygens (including phenoxy) is 1. The molecule has 0 aromatic heterocycles. The van der Waals surface area contributed by atoms with Gasteiger partial charge in [-0.15, -0.1) is 0 Å². The first-order valence-corrected chi connectivity index (χ1v) is 7.89. The van der Waals surface area contributed by atoms with Gasteiger partial charge in [0.25, 0.3) is 5.91 Å². The zero-order valence-electron chi connectivity index (χ0n) is 14.4. The summed E-state index contributed by atoms with van der Waals surface area (Å²) in [6.45, 7) is 8.36. The van der Waals surface area contributed by atoms with E-state index < -0.39 is 5.54 Å². The molecule has 0 aliphatic carbocycles. The molecular formula is C20H23NO2. The Bertz CT molecular complexity index is 746. The Kier molecular flexibility index (Phi) is 3.47. The van der Waals surface area contributed by atoms with Crippen molar-refractivity contribution in [3.05, 3.63) is 65.2 Å². The number of carbonyl (C=O) groups is 1. The summed E-state index contributed by atoms with van der Waals surface area (Å²) >= 11 is 0. The predicted molar refractivity (Wildman–Crippen MR) is 91.8 cm³/mol. The van der Waals surface area contributed by atoms with E-state index in [2.05, 4.69) is 39.8 Å². The molecule has 23 heavy (non-hydrogen) atoms. The molecule has 0 bridgehead atoms. The minimum Gasteiger partial charge on any atom is -0.497 e. The Labute approximate surface area is 137 Å². The molecule has 1 aliphatic rings. The quantitative estimate of drug-likeness (QED) is 0.831. The van der Waals surface area contributed by atoms with Gasteiger partial charge in [0, 0.05) is 11.1 Å². The molecule has 3 nitrogen and oxygen atoms in total. The summed E-state index contributed by atoms with van der Waals surface area (Å²) in [4.78, 5) is 15.1. The van der Waals surface area contributed by atoms with Crippen molar-refractivity contribution in [3.63, 3.8) is 0 Å². The summed E-state index contributed by atoms with van der Waals surface area (Å²) in [6.07, 6.45) is 0. The van der Waals surface area contributed by atoms with E-state index in [9.17, 15) is 4.79 Å². The molecule has 1 heterocycles. The lowest BCUT2D eigenvalue weighted by atomic mass is 9.82. The van der Waals surface area contributed by atoms with Crippen LogP contribution in [-0.2, 0) is 5.54 Å². The van der Waals surface area contributed by atoms with Gasteiger partial charge in [0.05, 0.1) is 12.6 Å². The number of nitrogens with zero attached hydrogens (tertiary/aromatic N) is 1. The topological polar surface area (TPSA) is 29.5 Å². The van der Waals surface area contributed by atoms with E-state index in [1.807, 2.05) is 41.3 Å². The summed E-state index contributed by atoms with van der Waals surface area (Å²) in [5, 5.41) is 0. The normalized spacial score (nSPS) is 20.6. The molecule has 1 atom stereocenters. The second-order valence-electron chi connectivity index (χ2n) is 7.16. The molecule has 3 heteroatoms. The van der Waals surface area contributed by atoms with Gasteiger partial charge in [0.2, 0.25) is 0 Å². The van der Waals surface area contributed by atoms with Gasteiger partial charge in [-0.05, 0) is 57.0 Å². The summed E-state index contributed by atoms with van der Waals surface area (Å²) < 4.78 is 5.39. The fourth-order valence-electron chi connectivity index (χ4n) is 3.71. The number of carbonyl (C=O) groups excluding carboxylic acids is 1. The number of rotatable bonds is 2. The number of hydrogen-bond donors (Lipinski definition) is 0. The van der Waals surface area contributed by atoms with E-state index in [0.717, 1.165) is 22.4 Å². The van der Waals surface area contributed by atoms with Crippen molar-refractivity contribution in [2.45, 2.75) is 38.8 Å². The third-order valence-corrected chi connectivity index (χ3v) is 4.64. The number of methoxy groups -OCH3 is 1. The van der Waals surface area contributed by atoms with Crippen LogP contribution < -0.4 is 4.74 Å². The predicted octanol–water partition coefficient (Wildman–Crippen LogP) is 4.21. The first kappa shape index (κ1) is 15.6. The minimum absolute atomic E-state index is 0.0708. The number of benzene rings is 2. The number of fused-ring (bicyclic) bond motifs is 1. The van der Waals surface area contributed by atoms with Crippen molar-refractivity contribution < 1.29 is 9.53 Å². The molecule has 2 aromatic rings. The summed E-state index contributed by atoms with van der Waals surface area (Å²) in [5.41, 5.74) is 2.05. The molecular weight excluding hydrogens is 286 g/mol. The fraction of sp³-hybridized carbons (Fsp3) is 0.350. The van der Waals surface area contributed by atoms with Gasteiger partial charge in [-0.3, -0.25) is 4.79 Å². The molecule has 0 spiro atoms. The molecule has 0 N–H and O–H groups in total. The standard InChI is InChI=1S/C20H23NO2/c1-19(2,3)21-18(22)16-12-11-15(23-5)13-17(16)20(21,4)14-9-7-6-8-10-14/h6-13H,1-5H3/t20-/m1/s1. The third-order valence-electron chi connectivity index (χ3n) is 4.64. The highest BCUT2D eigenvalue weighted by Crippen LogP contribution is 2.48. The van der Waals surface area contributed by atoms with E-state index in [4.69, 9.17) is 4.74 Å². The average Bonchev–Trinajstić information content (AvgIpc) is 2.76. The highest BCUT2D eigenvalue weighted by molar-refractivity contribution is 6.01. The van der Waals surface area contributed by atoms with Crippen LogP contribution in [0.3, 0.4) is 0 Å². The van der Waals surface area contributed by atoms with E-state index in [-0.39, 0.29) is 11.4 Å². The Balaban J connectivity index is 2.31. The zero-order chi connectivity index (χ0) is 16.8. The summed E-state index contributed by atoms with van der Waals surface area (Å²) in [6, 6.07) is 15.9. The summed E-state index contributed by atoms with van der Waals surface area (Å²) in [7, 11) is 1.65. The zero-order valence-corrected chi connectivity index (χ0v) is 14.4. The van der Waals surface area contributed by atoms with Gasteiger partial charge >= 0.3 is 0 Å². The number of amides is 1. The van der Waals surface area contributed by atoms with Gasteiger partial charge in [-0.1, -0.05) is 30.3 Å². The number of hydrogen-bond acceptors (Lipinski definition) is 2. The molecule has 0 radical (unpaired) electrons. The van der Waals surface area contributed by atoms with Gasteiger partial charge in [0.15, 0.2) is 0 Å². The van der Waals surface area contributed by atoms with Crippen LogP contribution in [0.25, 0.3) is 0 Å². The molecule has 3 rings (SSSR count). The fourth-order valence-corrected chi connectivity index (χ4v) is 3.71. The van der Waals surface area contributed by atoms with E-state index in [1.165, 1.54) is 0 Å². The highest BCUT2D eigenvalue weighted by atomic mass is 16.5. The lowest BCUT2D eigenvalue weighted by Gasteiger charge is -2.45. The van der Waals surface area contributed by atoms with Crippen molar-refractivity contribution in [3.8, 4) is 5.75 Å². The van der Waals surface area contributed by atoms with Crippen molar-refractivity contribution >= 4 is 5.91 Å². The van der Waals surface area contributed by atoms with Gasteiger partial charge in [-0.2, -0.15) is 0 Å². The van der Waals surface area contributed by atoms with E-state index >= 15 is 0 Å². The maximum atomic E-state index is 13.1.